The van der Waals surface area contributed by atoms with E-state index in [-0.39, 0.29) is 0 Å². The molecule has 128 valence electrons. The van der Waals surface area contributed by atoms with E-state index < -0.39 is 0 Å². The SMILES string of the molecule is Cc1cc(C)n(CCc2nnc(CCn3nc(C)c(Br)c3C)o2)n1. The highest BCUT2D eigenvalue weighted by Gasteiger charge is 2.11. The molecule has 7 nitrogen and oxygen atoms in total. The summed E-state index contributed by atoms with van der Waals surface area (Å²) >= 11 is 3.54. The van der Waals surface area contributed by atoms with E-state index in [1.807, 2.05) is 37.1 Å². The molecule has 0 saturated heterocycles. The summed E-state index contributed by atoms with van der Waals surface area (Å²) < 4.78 is 10.7. The Hall–Kier alpha value is -1.96. The second kappa shape index (κ2) is 6.88. The fraction of sp³-hybridized carbons (Fsp3) is 0.500. The van der Waals surface area contributed by atoms with Gasteiger partial charge in [0.25, 0.3) is 0 Å². The molecule has 3 rings (SSSR count). The molecule has 8 heteroatoms. The van der Waals surface area contributed by atoms with Gasteiger partial charge in [-0.1, -0.05) is 0 Å². The van der Waals surface area contributed by atoms with E-state index in [1.54, 1.807) is 0 Å². The maximum absolute atomic E-state index is 5.73. The summed E-state index contributed by atoms with van der Waals surface area (Å²) in [4.78, 5) is 0. The van der Waals surface area contributed by atoms with Crippen molar-refractivity contribution in [2.45, 2.75) is 53.6 Å². The molecule has 0 spiro atoms. The molecule has 0 unspecified atom stereocenters. The topological polar surface area (TPSA) is 74.6 Å². The number of nitrogens with zero attached hydrogens (tertiary/aromatic N) is 6. The maximum Gasteiger partial charge on any atom is 0.218 e. The second-order valence-corrected chi connectivity index (χ2v) is 6.74. The van der Waals surface area contributed by atoms with Crippen molar-refractivity contribution in [3.05, 3.63) is 45.1 Å². The molecule has 24 heavy (non-hydrogen) atoms. The number of hydrogen-bond donors (Lipinski definition) is 0. The van der Waals surface area contributed by atoms with Crippen molar-refractivity contribution in [3.8, 4) is 0 Å². The molecule has 0 N–H and O–H groups in total. The van der Waals surface area contributed by atoms with Crippen LogP contribution in [-0.2, 0) is 25.9 Å². The largest absolute Gasteiger partial charge is 0.425 e. The van der Waals surface area contributed by atoms with Gasteiger partial charge in [-0.15, -0.1) is 10.2 Å². The molecule has 0 radical (unpaired) electrons. The molecule has 0 aromatic carbocycles. The molecule has 3 aromatic rings. The van der Waals surface area contributed by atoms with Crippen LogP contribution in [0, 0.1) is 27.7 Å². The van der Waals surface area contributed by atoms with Crippen LogP contribution in [0.5, 0.6) is 0 Å². The van der Waals surface area contributed by atoms with Crippen molar-refractivity contribution in [1.29, 1.82) is 0 Å². The lowest BCUT2D eigenvalue weighted by Gasteiger charge is -2.02. The molecular formula is C16H21BrN6O. The van der Waals surface area contributed by atoms with Crippen molar-refractivity contribution in [3.63, 3.8) is 0 Å². The van der Waals surface area contributed by atoms with E-state index in [0.717, 1.165) is 40.3 Å². The van der Waals surface area contributed by atoms with Crippen LogP contribution in [0.4, 0.5) is 0 Å². The average Bonchev–Trinajstić information content (AvgIpc) is 3.19. The van der Waals surface area contributed by atoms with Gasteiger partial charge in [-0.3, -0.25) is 9.36 Å². The van der Waals surface area contributed by atoms with Gasteiger partial charge >= 0.3 is 0 Å². The van der Waals surface area contributed by atoms with Crippen molar-refractivity contribution in [2.75, 3.05) is 0 Å². The number of rotatable bonds is 6. The third-order valence-corrected chi connectivity index (χ3v) is 5.13. The first-order chi connectivity index (χ1) is 11.4. The fourth-order valence-corrected chi connectivity index (χ4v) is 2.97. The summed E-state index contributed by atoms with van der Waals surface area (Å²) in [5.74, 6) is 1.29. The zero-order chi connectivity index (χ0) is 17.3. The predicted molar refractivity (Wildman–Crippen MR) is 92.8 cm³/mol. The summed E-state index contributed by atoms with van der Waals surface area (Å²) in [6, 6.07) is 2.06. The molecule has 3 heterocycles. The Balaban J connectivity index is 1.57. The van der Waals surface area contributed by atoms with Crippen LogP contribution in [0.2, 0.25) is 0 Å². The highest BCUT2D eigenvalue weighted by atomic mass is 79.9. The zero-order valence-electron chi connectivity index (χ0n) is 14.4. The van der Waals surface area contributed by atoms with Crippen LogP contribution in [0.1, 0.15) is 34.6 Å². The predicted octanol–water partition coefficient (Wildman–Crippen LogP) is 2.94. The van der Waals surface area contributed by atoms with Gasteiger partial charge in [0.1, 0.15) is 0 Å². The van der Waals surface area contributed by atoms with Crippen molar-refractivity contribution >= 4 is 15.9 Å². The van der Waals surface area contributed by atoms with Gasteiger partial charge < -0.3 is 4.42 Å². The van der Waals surface area contributed by atoms with Crippen LogP contribution in [0.25, 0.3) is 0 Å². The van der Waals surface area contributed by atoms with E-state index in [4.69, 9.17) is 4.42 Å². The Morgan fingerprint density at radius 2 is 1.58 bits per heavy atom. The molecule has 0 amide bonds. The first kappa shape index (κ1) is 16.9. The summed E-state index contributed by atoms with van der Waals surface area (Å²) in [7, 11) is 0. The number of aromatic nitrogens is 6. The van der Waals surface area contributed by atoms with Gasteiger partial charge in [0, 0.05) is 37.3 Å². The normalized spacial score (nSPS) is 11.4. The van der Waals surface area contributed by atoms with E-state index in [1.165, 1.54) is 0 Å². The highest BCUT2D eigenvalue weighted by Crippen LogP contribution is 2.20. The van der Waals surface area contributed by atoms with Crippen LogP contribution in [0.3, 0.4) is 0 Å². The molecule has 0 aliphatic rings. The van der Waals surface area contributed by atoms with Crippen LogP contribution >= 0.6 is 15.9 Å². The monoisotopic (exact) mass is 392 g/mol. The molecule has 0 fully saturated rings. The van der Waals surface area contributed by atoms with E-state index >= 15 is 0 Å². The first-order valence-corrected chi connectivity index (χ1v) is 8.75. The first-order valence-electron chi connectivity index (χ1n) is 7.96. The third kappa shape index (κ3) is 3.58. The number of hydrogen-bond acceptors (Lipinski definition) is 5. The van der Waals surface area contributed by atoms with Crippen molar-refractivity contribution < 1.29 is 4.42 Å². The fourth-order valence-electron chi connectivity index (χ4n) is 2.69. The van der Waals surface area contributed by atoms with Crippen LogP contribution < -0.4 is 0 Å². The van der Waals surface area contributed by atoms with Gasteiger partial charge in [0.05, 0.1) is 15.9 Å². The molecular weight excluding hydrogens is 372 g/mol. The number of halogens is 1. The summed E-state index contributed by atoms with van der Waals surface area (Å²) in [5.41, 5.74) is 4.26. The van der Waals surface area contributed by atoms with Gasteiger partial charge in [-0.2, -0.15) is 10.2 Å². The summed E-state index contributed by atoms with van der Waals surface area (Å²) in [5, 5.41) is 17.2. The Labute approximate surface area is 149 Å². The second-order valence-electron chi connectivity index (χ2n) is 5.95. The molecule has 0 saturated carbocycles. The Morgan fingerprint density at radius 3 is 2.08 bits per heavy atom. The lowest BCUT2D eigenvalue weighted by Crippen LogP contribution is -2.05. The average molecular weight is 393 g/mol. The van der Waals surface area contributed by atoms with Gasteiger partial charge in [-0.05, 0) is 49.7 Å². The minimum absolute atomic E-state index is 0.641. The van der Waals surface area contributed by atoms with Crippen molar-refractivity contribution in [2.24, 2.45) is 0 Å². The van der Waals surface area contributed by atoms with Gasteiger partial charge in [0.15, 0.2) is 0 Å². The third-order valence-electron chi connectivity index (χ3n) is 3.98. The van der Waals surface area contributed by atoms with Crippen LogP contribution in [-0.4, -0.2) is 29.8 Å². The highest BCUT2D eigenvalue weighted by molar-refractivity contribution is 9.10. The van der Waals surface area contributed by atoms with Crippen molar-refractivity contribution in [1.82, 2.24) is 29.8 Å². The standard InChI is InChI=1S/C16H21BrN6O/c1-10-9-11(2)22(20-10)7-5-14-18-19-15(24-14)6-8-23-13(4)16(17)12(3)21-23/h9H,5-8H2,1-4H3. The Kier molecular flexibility index (Phi) is 4.84. The minimum atomic E-state index is 0.641. The smallest absolute Gasteiger partial charge is 0.218 e. The van der Waals surface area contributed by atoms with Gasteiger partial charge in [0.2, 0.25) is 11.8 Å². The lowest BCUT2D eigenvalue weighted by atomic mass is 10.4. The zero-order valence-corrected chi connectivity index (χ0v) is 16.0. The maximum atomic E-state index is 5.73. The van der Waals surface area contributed by atoms with E-state index in [2.05, 4.69) is 42.4 Å². The quantitative estimate of drug-likeness (QED) is 0.644. The summed E-state index contributed by atoms with van der Waals surface area (Å²) in [6.07, 6.45) is 1.35. The van der Waals surface area contributed by atoms with Crippen LogP contribution in [0.15, 0.2) is 15.0 Å². The Bertz CT molecular complexity index is 847. The molecule has 0 bridgehead atoms. The number of aryl methyl sites for hydroxylation is 7. The minimum Gasteiger partial charge on any atom is -0.425 e. The summed E-state index contributed by atoms with van der Waals surface area (Å²) in [6.45, 7) is 9.52. The Morgan fingerprint density at radius 1 is 0.958 bits per heavy atom. The molecule has 0 atom stereocenters. The molecule has 3 aromatic heterocycles. The molecule has 0 aliphatic heterocycles. The lowest BCUT2D eigenvalue weighted by molar-refractivity contribution is 0.417. The van der Waals surface area contributed by atoms with Gasteiger partial charge in [-0.25, -0.2) is 0 Å². The van der Waals surface area contributed by atoms with E-state index in [9.17, 15) is 0 Å². The molecule has 0 aliphatic carbocycles. The van der Waals surface area contributed by atoms with E-state index in [0.29, 0.717) is 24.6 Å².